The summed E-state index contributed by atoms with van der Waals surface area (Å²) in [6.45, 7) is 2.00. The second-order valence-electron chi connectivity index (χ2n) is 6.11. The highest BCUT2D eigenvalue weighted by Crippen LogP contribution is 2.18. The van der Waals surface area contributed by atoms with Gasteiger partial charge in [0.15, 0.2) is 5.69 Å². The van der Waals surface area contributed by atoms with Crippen LogP contribution < -0.4 is 16.4 Å². The molecule has 152 valence electrons. The first-order valence-corrected chi connectivity index (χ1v) is 8.94. The Kier molecular flexibility index (Phi) is 5.97. The molecule has 0 saturated carbocycles. The predicted octanol–water partition coefficient (Wildman–Crippen LogP) is 1.80. The van der Waals surface area contributed by atoms with Crippen LogP contribution in [0, 0.1) is 10.1 Å². The molecule has 2 amide bonds. The van der Waals surface area contributed by atoms with E-state index in [1.807, 2.05) is 0 Å². The van der Waals surface area contributed by atoms with Crippen molar-refractivity contribution >= 4 is 34.4 Å². The standard InChI is InChI=1S/C20H17N5O5/c1-2-24-20(28)15-9-5-4-8-14(15)18(23-24)19(27)22-21-17(26)12-11-13-7-3-6-10-16(13)25(29)30/h3-12H,2H2,1H3,(H,21,26)(H,22,27)/b12-11+. The van der Waals surface area contributed by atoms with E-state index < -0.39 is 16.7 Å². The zero-order valence-corrected chi connectivity index (χ0v) is 15.9. The molecule has 2 aromatic carbocycles. The molecule has 0 aliphatic carbocycles. The number of carbonyl (C=O) groups excluding carboxylic acids is 2. The van der Waals surface area contributed by atoms with Crippen LogP contribution >= 0.6 is 0 Å². The molecule has 10 heteroatoms. The van der Waals surface area contributed by atoms with Crippen LogP contribution in [0.3, 0.4) is 0 Å². The van der Waals surface area contributed by atoms with E-state index in [9.17, 15) is 24.5 Å². The molecule has 0 atom stereocenters. The highest BCUT2D eigenvalue weighted by molar-refractivity contribution is 6.05. The molecule has 30 heavy (non-hydrogen) atoms. The lowest BCUT2D eigenvalue weighted by Crippen LogP contribution is -2.42. The fourth-order valence-corrected chi connectivity index (χ4v) is 2.80. The highest BCUT2D eigenvalue weighted by Gasteiger charge is 2.16. The number of hydrazine groups is 1. The fraction of sp³-hybridized carbons (Fsp3) is 0.100. The SMILES string of the molecule is CCn1nc(C(=O)NNC(=O)/C=C/c2ccccc2[N+](=O)[O-])c2ccccc2c1=O. The van der Waals surface area contributed by atoms with Gasteiger partial charge in [-0.1, -0.05) is 30.3 Å². The Morgan fingerprint density at radius 1 is 1.10 bits per heavy atom. The van der Waals surface area contributed by atoms with Gasteiger partial charge < -0.3 is 0 Å². The van der Waals surface area contributed by atoms with Gasteiger partial charge in [0, 0.05) is 24.1 Å². The van der Waals surface area contributed by atoms with E-state index in [4.69, 9.17) is 0 Å². The minimum Gasteiger partial charge on any atom is -0.268 e. The number of carbonyl (C=O) groups is 2. The molecule has 0 aliphatic heterocycles. The molecule has 3 rings (SSSR count). The molecular weight excluding hydrogens is 390 g/mol. The maximum atomic E-state index is 12.5. The largest absolute Gasteiger partial charge is 0.290 e. The smallest absolute Gasteiger partial charge is 0.268 e. The van der Waals surface area contributed by atoms with Gasteiger partial charge in [0.1, 0.15) is 0 Å². The van der Waals surface area contributed by atoms with Gasteiger partial charge in [0.25, 0.3) is 23.1 Å². The van der Waals surface area contributed by atoms with Gasteiger partial charge in [-0.15, -0.1) is 0 Å². The van der Waals surface area contributed by atoms with E-state index in [2.05, 4.69) is 16.0 Å². The quantitative estimate of drug-likeness (QED) is 0.376. The Hall–Kier alpha value is -4.34. The van der Waals surface area contributed by atoms with E-state index in [0.29, 0.717) is 10.8 Å². The number of para-hydroxylation sites is 1. The Labute approximate surface area is 169 Å². The number of hydrogen-bond acceptors (Lipinski definition) is 6. The topological polar surface area (TPSA) is 136 Å². The van der Waals surface area contributed by atoms with Crippen molar-refractivity contribution in [2.24, 2.45) is 0 Å². The summed E-state index contributed by atoms with van der Waals surface area (Å²) in [6.07, 6.45) is 2.33. The average molecular weight is 407 g/mol. The van der Waals surface area contributed by atoms with Gasteiger partial charge >= 0.3 is 0 Å². The predicted molar refractivity (Wildman–Crippen MR) is 109 cm³/mol. The van der Waals surface area contributed by atoms with Crippen LogP contribution in [0.4, 0.5) is 5.69 Å². The van der Waals surface area contributed by atoms with E-state index >= 15 is 0 Å². The fourth-order valence-electron chi connectivity index (χ4n) is 2.80. The summed E-state index contributed by atoms with van der Waals surface area (Å²) in [5.74, 6) is -1.41. The molecule has 0 radical (unpaired) electrons. The van der Waals surface area contributed by atoms with Crippen LogP contribution in [-0.2, 0) is 11.3 Å². The molecule has 2 N–H and O–H groups in total. The summed E-state index contributed by atoms with van der Waals surface area (Å²) in [6, 6.07) is 12.5. The maximum Gasteiger partial charge on any atom is 0.290 e. The van der Waals surface area contributed by atoms with E-state index in [1.54, 1.807) is 37.3 Å². The molecule has 3 aromatic rings. The van der Waals surface area contributed by atoms with E-state index in [0.717, 1.165) is 10.8 Å². The third-order valence-corrected chi connectivity index (χ3v) is 4.23. The van der Waals surface area contributed by atoms with Crippen LogP contribution in [0.5, 0.6) is 0 Å². The number of hydrogen-bond donors (Lipinski definition) is 2. The number of nitrogens with zero attached hydrogens (tertiary/aromatic N) is 3. The Morgan fingerprint density at radius 3 is 2.47 bits per heavy atom. The number of nitro benzene ring substituents is 1. The zero-order chi connectivity index (χ0) is 21.7. The monoisotopic (exact) mass is 407 g/mol. The van der Waals surface area contributed by atoms with Crippen molar-refractivity contribution in [1.29, 1.82) is 0 Å². The van der Waals surface area contributed by atoms with Crippen LogP contribution in [-0.4, -0.2) is 26.5 Å². The van der Waals surface area contributed by atoms with Gasteiger partial charge in [-0.2, -0.15) is 5.10 Å². The summed E-state index contributed by atoms with van der Waals surface area (Å²) >= 11 is 0. The summed E-state index contributed by atoms with van der Waals surface area (Å²) in [7, 11) is 0. The van der Waals surface area contributed by atoms with Gasteiger partial charge in [0.2, 0.25) is 0 Å². The van der Waals surface area contributed by atoms with Crippen LogP contribution in [0.1, 0.15) is 23.0 Å². The lowest BCUT2D eigenvalue weighted by atomic mass is 10.1. The third kappa shape index (κ3) is 4.22. The number of nitro groups is 1. The minimum absolute atomic E-state index is 0.0185. The second kappa shape index (κ2) is 8.78. The summed E-state index contributed by atoms with van der Waals surface area (Å²) in [5, 5.41) is 15.8. The highest BCUT2D eigenvalue weighted by atomic mass is 16.6. The number of fused-ring (bicyclic) bond motifs is 1. The van der Waals surface area contributed by atoms with Gasteiger partial charge in [-0.25, -0.2) is 4.68 Å². The Morgan fingerprint density at radius 2 is 1.77 bits per heavy atom. The lowest BCUT2D eigenvalue weighted by molar-refractivity contribution is -0.385. The molecule has 1 aromatic heterocycles. The average Bonchev–Trinajstić information content (AvgIpc) is 2.76. The van der Waals surface area contributed by atoms with Crippen molar-refractivity contribution in [3.63, 3.8) is 0 Å². The van der Waals surface area contributed by atoms with Crippen molar-refractivity contribution in [3.05, 3.63) is 86.3 Å². The van der Waals surface area contributed by atoms with Crippen LogP contribution in [0.25, 0.3) is 16.8 Å². The number of rotatable bonds is 5. The van der Waals surface area contributed by atoms with E-state index in [-0.39, 0.29) is 29.0 Å². The van der Waals surface area contributed by atoms with Crippen molar-refractivity contribution in [1.82, 2.24) is 20.6 Å². The molecule has 0 spiro atoms. The number of nitrogens with one attached hydrogen (secondary N) is 2. The summed E-state index contributed by atoms with van der Waals surface area (Å²) < 4.78 is 1.16. The van der Waals surface area contributed by atoms with Crippen LogP contribution in [0.2, 0.25) is 0 Å². The summed E-state index contributed by atoms with van der Waals surface area (Å²) in [4.78, 5) is 47.3. The molecule has 0 unspecified atom stereocenters. The molecule has 0 saturated heterocycles. The molecule has 1 heterocycles. The second-order valence-corrected chi connectivity index (χ2v) is 6.11. The zero-order valence-electron chi connectivity index (χ0n) is 15.9. The number of aryl methyl sites for hydroxylation is 1. The number of aromatic nitrogens is 2. The van der Waals surface area contributed by atoms with Gasteiger partial charge in [0.05, 0.1) is 15.9 Å². The van der Waals surface area contributed by atoms with Crippen LogP contribution in [0.15, 0.2) is 59.4 Å². The first kappa shape index (κ1) is 20.4. The van der Waals surface area contributed by atoms with Crippen molar-refractivity contribution in [3.8, 4) is 0 Å². The Bertz CT molecular complexity index is 1230. The molecule has 0 aliphatic rings. The third-order valence-electron chi connectivity index (χ3n) is 4.23. The van der Waals surface area contributed by atoms with E-state index in [1.165, 1.54) is 24.3 Å². The molecule has 0 fully saturated rings. The minimum atomic E-state index is -0.708. The first-order valence-electron chi connectivity index (χ1n) is 8.94. The first-order chi connectivity index (χ1) is 14.4. The van der Waals surface area contributed by atoms with Crippen molar-refractivity contribution in [2.45, 2.75) is 13.5 Å². The lowest BCUT2D eigenvalue weighted by Gasteiger charge is -2.10. The van der Waals surface area contributed by atoms with Crippen molar-refractivity contribution < 1.29 is 14.5 Å². The normalized spacial score (nSPS) is 10.8. The summed E-state index contributed by atoms with van der Waals surface area (Å²) in [5.41, 5.74) is 4.18. The molecule has 0 bridgehead atoms. The molecular formula is C20H17N5O5. The number of benzene rings is 2. The van der Waals surface area contributed by atoms with Gasteiger partial charge in [-0.05, 0) is 25.1 Å². The van der Waals surface area contributed by atoms with Crippen molar-refractivity contribution in [2.75, 3.05) is 0 Å². The number of amides is 2. The Balaban J connectivity index is 1.77. The molecule has 10 nitrogen and oxygen atoms in total. The van der Waals surface area contributed by atoms with Gasteiger partial charge in [-0.3, -0.25) is 35.3 Å². The maximum absolute atomic E-state index is 12.5.